The van der Waals surface area contributed by atoms with Crippen LogP contribution in [-0.4, -0.2) is 14.2 Å². The number of benzene rings is 6. The molecule has 0 aliphatic carbocycles. The van der Waals surface area contributed by atoms with Crippen molar-refractivity contribution in [1.29, 1.82) is 0 Å². The van der Waals surface area contributed by atoms with Crippen molar-refractivity contribution in [2.45, 2.75) is 0 Å². The summed E-state index contributed by atoms with van der Waals surface area (Å²) in [5.41, 5.74) is 5.63. The zero-order valence-electron chi connectivity index (χ0n) is 20.9. The van der Waals surface area contributed by atoms with Crippen LogP contribution in [0, 0.1) is 0 Å². The minimum absolute atomic E-state index is 0.830. The Hall–Kier alpha value is -4.76. The lowest BCUT2D eigenvalue weighted by Gasteiger charge is -2.26. The van der Waals surface area contributed by atoms with Crippen LogP contribution in [0.5, 0.6) is 11.5 Å². The standard InChI is InChI=1S/C34H27NO2/c1-36-30-19-15-28(16-20-30)35(29-17-21-31(37-2)22-18-29)27-13-11-24(12-14-27)34-32-9-5-3-7-25(32)23-26-8-4-6-10-33(26)34/h3-23H,1-2H3. The monoisotopic (exact) mass is 481 g/mol. The molecule has 0 bridgehead atoms. The molecule has 0 aliphatic rings. The fourth-order valence-electron chi connectivity index (χ4n) is 5.01. The van der Waals surface area contributed by atoms with Gasteiger partial charge in [0.1, 0.15) is 11.5 Å². The Kier molecular flexibility index (Phi) is 5.95. The van der Waals surface area contributed by atoms with E-state index in [0.29, 0.717) is 0 Å². The molecule has 3 nitrogen and oxygen atoms in total. The Morgan fingerprint density at radius 3 is 1.30 bits per heavy atom. The van der Waals surface area contributed by atoms with E-state index in [1.807, 2.05) is 24.3 Å². The first kappa shape index (κ1) is 22.7. The van der Waals surface area contributed by atoms with Crippen LogP contribution in [-0.2, 0) is 0 Å². The topological polar surface area (TPSA) is 21.7 Å². The minimum Gasteiger partial charge on any atom is -0.497 e. The predicted molar refractivity (Wildman–Crippen MR) is 155 cm³/mol. The first-order valence-corrected chi connectivity index (χ1v) is 12.3. The summed E-state index contributed by atoms with van der Waals surface area (Å²) < 4.78 is 10.8. The SMILES string of the molecule is COc1ccc(N(c2ccc(OC)cc2)c2ccc(-c3c4ccccc4cc4ccccc34)cc2)cc1. The number of fused-ring (bicyclic) bond motifs is 2. The minimum atomic E-state index is 0.830. The molecule has 0 saturated heterocycles. The Morgan fingerprint density at radius 2 is 0.865 bits per heavy atom. The van der Waals surface area contributed by atoms with Crippen molar-refractivity contribution >= 4 is 38.6 Å². The maximum atomic E-state index is 5.39. The summed E-state index contributed by atoms with van der Waals surface area (Å²) in [5.74, 6) is 1.66. The molecule has 3 heteroatoms. The van der Waals surface area contributed by atoms with E-state index in [0.717, 1.165) is 28.6 Å². The average Bonchev–Trinajstić information content (AvgIpc) is 2.97. The summed E-state index contributed by atoms with van der Waals surface area (Å²) in [5, 5.41) is 5.02. The number of methoxy groups -OCH3 is 2. The third kappa shape index (κ3) is 4.25. The highest BCUT2D eigenvalue weighted by molar-refractivity contribution is 6.12. The molecule has 180 valence electrons. The van der Waals surface area contributed by atoms with E-state index < -0.39 is 0 Å². The Labute approximate surface area is 217 Å². The summed E-state index contributed by atoms with van der Waals surface area (Å²) in [7, 11) is 3.37. The second-order valence-electron chi connectivity index (χ2n) is 8.97. The molecule has 0 amide bonds. The molecule has 0 heterocycles. The number of hydrogen-bond acceptors (Lipinski definition) is 3. The quantitative estimate of drug-likeness (QED) is 0.221. The van der Waals surface area contributed by atoms with Gasteiger partial charge in [0.05, 0.1) is 14.2 Å². The van der Waals surface area contributed by atoms with E-state index in [9.17, 15) is 0 Å². The second kappa shape index (κ2) is 9.71. The number of rotatable bonds is 6. The highest BCUT2D eigenvalue weighted by atomic mass is 16.5. The fourth-order valence-corrected chi connectivity index (χ4v) is 5.01. The smallest absolute Gasteiger partial charge is 0.119 e. The van der Waals surface area contributed by atoms with Gasteiger partial charge >= 0.3 is 0 Å². The van der Waals surface area contributed by atoms with Crippen LogP contribution in [0.15, 0.2) is 127 Å². The van der Waals surface area contributed by atoms with Gasteiger partial charge in [-0.25, -0.2) is 0 Å². The van der Waals surface area contributed by atoms with Gasteiger partial charge in [-0.3, -0.25) is 0 Å². The number of nitrogens with zero attached hydrogens (tertiary/aromatic N) is 1. The highest BCUT2D eigenvalue weighted by Crippen LogP contribution is 2.40. The Morgan fingerprint density at radius 1 is 0.459 bits per heavy atom. The maximum absolute atomic E-state index is 5.39. The van der Waals surface area contributed by atoms with Gasteiger partial charge in [0, 0.05) is 17.1 Å². The number of hydrogen-bond donors (Lipinski definition) is 0. The van der Waals surface area contributed by atoms with Crippen molar-refractivity contribution in [3.63, 3.8) is 0 Å². The molecule has 0 fully saturated rings. The lowest BCUT2D eigenvalue weighted by molar-refractivity contribution is 0.415. The third-order valence-electron chi connectivity index (χ3n) is 6.85. The molecule has 6 rings (SSSR count). The zero-order valence-corrected chi connectivity index (χ0v) is 20.9. The lowest BCUT2D eigenvalue weighted by atomic mass is 9.92. The van der Waals surface area contributed by atoms with Gasteiger partial charge in [-0.15, -0.1) is 0 Å². The van der Waals surface area contributed by atoms with Gasteiger partial charge in [-0.05, 0) is 99.4 Å². The molecule has 37 heavy (non-hydrogen) atoms. The lowest BCUT2D eigenvalue weighted by Crippen LogP contribution is -2.09. The summed E-state index contributed by atoms with van der Waals surface area (Å²) in [6.45, 7) is 0. The second-order valence-corrected chi connectivity index (χ2v) is 8.97. The average molecular weight is 482 g/mol. The van der Waals surface area contributed by atoms with Crippen LogP contribution in [0.3, 0.4) is 0 Å². The van der Waals surface area contributed by atoms with E-state index in [-0.39, 0.29) is 0 Å². The zero-order chi connectivity index (χ0) is 25.2. The van der Waals surface area contributed by atoms with Crippen molar-refractivity contribution in [3.05, 3.63) is 127 Å². The molecule has 0 aliphatic heterocycles. The highest BCUT2D eigenvalue weighted by Gasteiger charge is 2.15. The molecule has 0 spiro atoms. The molecule has 0 unspecified atom stereocenters. The van der Waals surface area contributed by atoms with Crippen molar-refractivity contribution in [1.82, 2.24) is 0 Å². The van der Waals surface area contributed by atoms with E-state index in [1.54, 1.807) is 14.2 Å². The first-order chi connectivity index (χ1) is 18.2. The normalized spacial score (nSPS) is 11.0. The van der Waals surface area contributed by atoms with Gasteiger partial charge in [-0.2, -0.15) is 0 Å². The molecular formula is C34H27NO2. The van der Waals surface area contributed by atoms with E-state index in [2.05, 4.69) is 108 Å². The summed E-state index contributed by atoms with van der Waals surface area (Å²) in [6.07, 6.45) is 0. The third-order valence-corrected chi connectivity index (χ3v) is 6.85. The van der Waals surface area contributed by atoms with Gasteiger partial charge in [0.2, 0.25) is 0 Å². The van der Waals surface area contributed by atoms with Gasteiger partial charge in [0.25, 0.3) is 0 Å². The van der Waals surface area contributed by atoms with Crippen LogP contribution in [0.25, 0.3) is 32.7 Å². The largest absolute Gasteiger partial charge is 0.497 e. The maximum Gasteiger partial charge on any atom is 0.119 e. The van der Waals surface area contributed by atoms with E-state index in [1.165, 1.54) is 32.7 Å². The molecule has 0 radical (unpaired) electrons. The van der Waals surface area contributed by atoms with Crippen LogP contribution < -0.4 is 14.4 Å². The molecular weight excluding hydrogens is 454 g/mol. The fraction of sp³-hybridized carbons (Fsp3) is 0.0588. The van der Waals surface area contributed by atoms with Gasteiger partial charge in [-0.1, -0.05) is 60.7 Å². The Bertz CT molecular complexity index is 1570. The van der Waals surface area contributed by atoms with Gasteiger partial charge < -0.3 is 14.4 Å². The number of anilines is 3. The summed E-state index contributed by atoms with van der Waals surface area (Å²) >= 11 is 0. The molecule has 0 aromatic heterocycles. The van der Waals surface area contributed by atoms with E-state index >= 15 is 0 Å². The predicted octanol–water partition coefficient (Wildman–Crippen LogP) is 9.15. The van der Waals surface area contributed by atoms with Crippen molar-refractivity contribution in [2.75, 3.05) is 19.1 Å². The van der Waals surface area contributed by atoms with Crippen LogP contribution in [0.1, 0.15) is 0 Å². The van der Waals surface area contributed by atoms with Crippen molar-refractivity contribution in [3.8, 4) is 22.6 Å². The van der Waals surface area contributed by atoms with Gasteiger partial charge in [0.15, 0.2) is 0 Å². The Balaban J connectivity index is 1.48. The summed E-state index contributed by atoms with van der Waals surface area (Å²) in [6, 6.07) is 44.6. The van der Waals surface area contributed by atoms with Crippen molar-refractivity contribution in [2.24, 2.45) is 0 Å². The molecule has 0 atom stereocenters. The molecule has 0 N–H and O–H groups in total. The molecule has 0 saturated carbocycles. The number of ether oxygens (including phenoxy) is 2. The molecule has 6 aromatic rings. The van der Waals surface area contributed by atoms with Crippen LogP contribution in [0.2, 0.25) is 0 Å². The molecule has 6 aromatic carbocycles. The van der Waals surface area contributed by atoms with E-state index in [4.69, 9.17) is 9.47 Å². The first-order valence-electron chi connectivity index (χ1n) is 12.3. The summed E-state index contributed by atoms with van der Waals surface area (Å²) in [4.78, 5) is 2.24. The van der Waals surface area contributed by atoms with Crippen LogP contribution in [0.4, 0.5) is 17.1 Å². The van der Waals surface area contributed by atoms with Crippen LogP contribution >= 0.6 is 0 Å². The van der Waals surface area contributed by atoms with Crippen molar-refractivity contribution < 1.29 is 9.47 Å².